The summed E-state index contributed by atoms with van der Waals surface area (Å²) in [5.41, 5.74) is 11.0. The monoisotopic (exact) mass is 233 g/mol. The van der Waals surface area contributed by atoms with Gasteiger partial charge in [-0.3, -0.25) is 0 Å². The third-order valence-corrected chi connectivity index (χ3v) is 2.21. The van der Waals surface area contributed by atoms with Crippen molar-refractivity contribution < 1.29 is 0 Å². The summed E-state index contributed by atoms with van der Waals surface area (Å²) in [6.45, 7) is 0.774. The first-order valence-corrected chi connectivity index (χ1v) is 5.36. The number of rotatable bonds is 5. The van der Waals surface area contributed by atoms with Gasteiger partial charge in [-0.2, -0.15) is 9.97 Å². The minimum Gasteiger partial charge on any atom is -0.383 e. The number of aromatic nitrogens is 4. The second-order valence-electron chi connectivity index (χ2n) is 3.60. The van der Waals surface area contributed by atoms with Gasteiger partial charge in [0.2, 0.25) is 5.95 Å². The van der Waals surface area contributed by atoms with Crippen LogP contribution in [0, 0.1) is 0 Å². The van der Waals surface area contributed by atoms with Gasteiger partial charge in [-0.05, 0) is 6.42 Å². The molecule has 0 bridgehead atoms. The maximum absolute atomic E-state index is 5.55. The van der Waals surface area contributed by atoms with E-state index in [0.29, 0.717) is 11.6 Å². The van der Waals surface area contributed by atoms with E-state index in [2.05, 4.69) is 25.3 Å². The maximum atomic E-state index is 5.55. The topological polar surface area (TPSA) is 119 Å². The van der Waals surface area contributed by atoms with Crippen LogP contribution in [0.15, 0.2) is 18.5 Å². The van der Waals surface area contributed by atoms with E-state index in [4.69, 9.17) is 11.5 Å². The van der Waals surface area contributed by atoms with Crippen molar-refractivity contribution in [3.63, 3.8) is 0 Å². The first kappa shape index (κ1) is 11.2. The molecule has 0 saturated heterocycles. The number of imidazole rings is 1. The predicted octanol–water partition coefficient (Wildman–Crippen LogP) is 0.409. The molecule has 0 radical (unpaired) electrons. The number of nitrogen functional groups attached to an aromatic ring is 2. The molecule has 0 aliphatic carbocycles. The van der Waals surface area contributed by atoms with Gasteiger partial charge in [0.1, 0.15) is 17.5 Å². The van der Waals surface area contributed by atoms with E-state index in [1.807, 2.05) is 6.20 Å². The average molecular weight is 233 g/mol. The molecule has 2 heterocycles. The Hall–Kier alpha value is -2.31. The number of aryl methyl sites for hydroxylation is 1. The van der Waals surface area contributed by atoms with Crippen molar-refractivity contribution in [2.75, 3.05) is 23.3 Å². The van der Waals surface area contributed by atoms with Crippen LogP contribution in [-0.2, 0) is 6.42 Å². The van der Waals surface area contributed by atoms with E-state index < -0.39 is 0 Å². The van der Waals surface area contributed by atoms with Crippen molar-refractivity contribution in [3.8, 4) is 0 Å². The van der Waals surface area contributed by atoms with E-state index in [1.54, 1.807) is 12.3 Å². The molecule has 7 nitrogen and oxygen atoms in total. The summed E-state index contributed by atoms with van der Waals surface area (Å²) in [5.74, 6) is 2.17. The van der Waals surface area contributed by atoms with Crippen molar-refractivity contribution in [2.24, 2.45) is 0 Å². The van der Waals surface area contributed by atoms with Gasteiger partial charge in [0.05, 0.1) is 0 Å². The fourth-order valence-electron chi connectivity index (χ4n) is 1.48. The largest absolute Gasteiger partial charge is 0.383 e. The van der Waals surface area contributed by atoms with Crippen molar-refractivity contribution in [1.82, 2.24) is 19.9 Å². The third-order valence-electron chi connectivity index (χ3n) is 2.21. The average Bonchev–Trinajstić information content (AvgIpc) is 2.76. The molecule has 0 saturated carbocycles. The Morgan fingerprint density at radius 3 is 2.88 bits per heavy atom. The Balaban J connectivity index is 1.78. The first-order chi connectivity index (χ1) is 8.24. The predicted molar refractivity (Wildman–Crippen MR) is 66.3 cm³/mol. The molecule has 0 spiro atoms. The quantitative estimate of drug-likeness (QED) is 0.555. The number of nitrogens with two attached hydrogens (primary N) is 2. The summed E-state index contributed by atoms with van der Waals surface area (Å²) in [6, 6.07) is 1.66. The highest BCUT2D eigenvalue weighted by Crippen LogP contribution is 2.09. The highest BCUT2D eigenvalue weighted by molar-refractivity contribution is 5.48. The summed E-state index contributed by atoms with van der Waals surface area (Å²) < 4.78 is 0. The Morgan fingerprint density at radius 2 is 2.18 bits per heavy atom. The SMILES string of the molecule is Nc1cc(NCCCc2ncc[nH]2)nc(N)n1. The molecule has 6 N–H and O–H groups in total. The van der Waals surface area contributed by atoms with Gasteiger partial charge in [-0.25, -0.2) is 4.98 Å². The number of hydrogen-bond acceptors (Lipinski definition) is 6. The van der Waals surface area contributed by atoms with Crippen LogP contribution in [0.2, 0.25) is 0 Å². The lowest BCUT2D eigenvalue weighted by Crippen LogP contribution is -2.08. The van der Waals surface area contributed by atoms with Crippen LogP contribution >= 0.6 is 0 Å². The van der Waals surface area contributed by atoms with Crippen LogP contribution in [0.5, 0.6) is 0 Å². The number of aromatic amines is 1. The van der Waals surface area contributed by atoms with E-state index >= 15 is 0 Å². The van der Waals surface area contributed by atoms with Crippen LogP contribution in [0.3, 0.4) is 0 Å². The normalized spacial score (nSPS) is 10.4. The smallest absolute Gasteiger partial charge is 0.223 e. The minimum absolute atomic E-state index is 0.179. The first-order valence-electron chi connectivity index (χ1n) is 5.36. The number of anilines is 3. The molecule has 0 amide bonds. The van der Waals surface area contributed by atoms with Crippen LogP contribution in [-0.4, -0.2) is 26.5 Å². The van der Waals surface area contributed by atoms with Gasteiger partial charge < -0.3 is 21.8 Å². The lowest BCUT2D eigenvalue weighted by Gasteiger charge is -2.05. The van der Waals surface area contributed by atoms with Gasteiger partial charge in [-0.15, -0.1) is 0 Å². The Bertz CT molecular complexity index is 445. The van der Waals surface area contributed by atoms with E-state index in [-0.39, 0.29) is 5.95 Å². The van der Waals surface area contributed by atoms with Crippen LogP contribution in [0.25, 0.3) is 0 Å². The molecular weight excluding hydrogens is 218 g/mol. The van der Waals surface area contributed by atoms with Gasteiger partial charge in [0.15, 0.2) is 0 Å². The number of nitrogens with one attached hydrogen (secondary N) is 2. The zero-order valence-electron chi connectivity index (χ0n) is 9.35. The molecule has 2 aromatic rings. The van der Waals surface area contributed by atoms with Crippen molar-refractivity contribution in [1.29, 1.82) is 0 Å². The van der Waals surface area contributed by atoms with Gasteiger partial charge in [-0.1, -0.05) is 0 Å². The maximum Gasteiger partial charge on any atom is 0.223 e. The lowest BCUT2D eigenvalue weighted by molar-refractivity contribution is 0.814. The molecule has 17 heavy (non-hydrogen) atoms. The van der Waals surface area contributed by atoms with E-state index in [9.17, 15) is 0 Å². The lowest BCUT2D eigenvalue weighted by atomic mass is 10.3. The third kappa shape index (κ3) is 3.33. The van der Waals surface area contributed by atoms with E-state index in [1.165, 1.54) is 0 Å². The zero-order valence-corrected chi connectivity index (χ0v) is 9.35. The van der Waals surface area contributed by atoms with Crippen LogP contribution in [0.1, 0.15) is 12.2 Å². The Labute approximate surface area is 98.7 Å². The second kappa shape index (κ2) is 5.15. The summed E-state index contributed by atoms with van der Waals surface area (Å²) in [6.07, 6.45) is 5.39. The second-order valence-corrected chi connectivity index (χ2v) is 3.60. The van der Waals surface area contributed by atoms with Crippen molar-refractivity contribution in [3.05, 3.63) is 24.3 Å². The highest BCUT2D eigenvalue weighted by Gasteiger charge is 1.99. The number of hydrogen-bond donors (Lipinski definition) is 4. The van der Waals surface area contributed by atoms with Crippen LogP contribution < -0.4 is 16.8 Å². The fourth-order valence-corrected chi connectivity index (χ4v) is 1.48. The zero-order chi connectivity index (χ0) is 12.1. The molecule has 0 aliphatic heterocycles. The highest BCUT2D eigenvalue weighted by atomic mass is 15.1. The van der Waals surface area contributed by atoms with Crippen LogP contribution in [0.4, 0.5) is 17.6 Å². The standard InChI is InChI=1S/C10H15N7/c11-7-6-9(17-10(12)16-7)13-3-1-2-8-14-4-5-15-8/h4-6H,1-3H2,(H,14,15)(H5,11,12,13,16,17). The molecule has 90 valence electrons. The Kier molecular flexibility index (Phi) is 3.39. The number of nitrogens with zero attached hydrogens (tertiary/aromatic N) is 3. The molecule has 2 rings (SSSR count). The summed E-state index contributed by atoms with van der Waals surface area (Å²) in [5, 5.41) is 3.14. The van der Waals surface area contributed by atoms with Gasteiger partial charge in [0.25, 0.3) is 0 Å². The van der Waals surface area contributed by atoms with Gasteiger partial charge in [0, 0.05) is 31.4 Å². The summed E-state index contributed by atoms with van der Waals surface area (Å²) in [7, 11) is 0. The van der Waals surface area contributed by atoms with Crippen molar-refractivity contribution in [2.45, 2.75) is 12.8 Å². The molecule has 0 aliphatic rings. The van der Waals surface area contributed by atoms with Crippen molar-refractivity contribution >= 4 is 17.6 Å². The minimum atomic E-state index is 0.179. The molecule has 0 atom stereocenters. The summed E-state index contributed by atoms with van der Waals surface area (Å²) >= 11 is 0. The van der Waals surface area contributed by atoms with E-state index in [0.717, 1.165) is 25.2 Å². The molecule has 0 aromatic carbocycles. The van der Waals surface area contributed by atoms with Gasteiger partial charge >= 0.3 is 0 Å². The fraction of sp³-hybridized carbons (Fsp3) is 0.300. The molecule has 7 heteroatoms. The molecule has 2 aromatic heterocycles. The Morgan fingerprint density at radius 1 is 1.29 bits per heavy atom. The molecular formula is C10H15N7. The number of H-pyrrole nitrogens is 1. The molecule has 0 fully saturated rings. The molecule has 0 unspecified atom stereocenters. The summed E-state index contributed by atoms with van der Waals surface area (Å²) in [4.78, 5) is 15.0.